The van der Waals surface area contributed by atoms with Crippen molar-refractivity contribution in [3.63, 3.8) is 0 Å². The number of hydrogen-bond donors (Lipinski definition) is 1. The van der Waals surface area contributed by atoms with E-state index < -0.39 is 11.2 Å². The van der Waals surface area contributed by atoms with Crippen molar-refractivity contribution in [3.05, 3.63) is 0 Å². The molecule has 1 N–H and O–H groups in total. The van der Waals surface area contributed by atoms with Crippen molar-refractivity contribution in [2.75, 3.05) is 7.11 Å². The third-order valence-electron chi connectivity index (χ3n) is 4.22. The van der Waals surface area contributed by atoms with Gasteiger partial charge in [0.1, 0.15) is 5.60 Å². The van der Waals surface area contributed by atoms with Gasteiger partial charge in [0.25, 0.3) is 0 Å². The van der Waals surface area contributed by atoms with Crippen LogP contribution in [0.1, 0.15) is 48.0 Å². The molecule has 4 atom stereocenters. The van der Waals surface area contributed by atoms with E-state index >= 15 is 0 Å². The van der Waals surface area contributed by atoms with Crippen LogP contribution >= 0.6 is 0 Å². The highest BCUT2D eigenvalue weighted by atomic mass is 16.5. The molecule has 3 heteroatoms. The summed E-state index contributed by atoms with van der Waals surface area (Å²) in [5.41, 5.74) is -1.45. The Kier molecular flexibility index (Phi) is 3.46. The van der Waals surface area contributed by atoms with Gasteiger partial charge < -0.3 is 14.6 Å². The summed E-state index contributed by atoms with van der Waals surface area (Å²) in [5.74, 6) is 0. The first-order valence-electron chi connectivity index (χ1n) is 5.97. The van der Waals surface area contributed by atoms with Crippen molar-refractivity contribution in [2.24, 2.45) is 5.41 Å². The first-order chi connectivity index (χ1) is 7.04. The molecule has 0 unspecified atom stereocenters. The minimum absolute atomic E-state index is 0.0601. The first-order valence-corrected chi connectivity index (χ1v) is 5.97. The summed E-state index contributed by atoms with van der Waals surface area (Å²) in [5, 5.41) is 10.5. The molecule has 0 radical (unpaired) electrons. The van der Waals surface area contributed by atoms with E-state index in [4.69, 9.17) is 9.47 Å². The van der Waals surface area contributed by atoms with Crippen LogP contribution in [0.5, 0.6) is 0 Å². The highest BCUT2D eigenvalue weighted by Crippen LogP contribution is 2.44. The largest absolute Gasteiger partial charge is 0.384 e. The SMILES string of the molecule is CO[C@]1(C)C[C@H](C(C)(C)C)O[C@@H](C)[C@]1(C)O. The lowest BCUT2D eigenvalue weighted by Gasteiger charge is -2.53. The Hall–Kier alpha value is -0.120. The van der Waals surface area contributed by atoms with Crippen molar-refractivity contribution < 1.29 is 14.6 Å². The lowest BCUT2D eigenvalue weighted by molar-refractivity contribution is -0.277. The number of aliphatic hydroxyl groups is 1. The van der Waals surface area contributed by atoms with Gasteiger partial charge in [-0.15, -0.1) is 0 Å². The van der Waals surface area contributed by atoms with E-state index in [9.17, 15) is 5.11 Å². The Balaban J connectivity index is 3.00. The lowest BCUT2D eigenvalue weighted by atomic mass is 9.71. The molecule has 1 aliphatic rings. The second kappa shape index (κ2) is 3.97. The summed E-state index contributed by atoms with van der Waals surface area (Å²) in [7, 11) is 1.66. The fraction of sp³-hybridized carbons (Fsp3) is 1.00. The molecule has 0 amide bonds. The molecule has 0 bridgehead atoms. The standard InChI is InChI=1S/C13H26O3/c1-9-13(6,14)12(5,15-7)8-10(16-9)11(2,3)4/h9-10,14H,8H2,1-7H3/t9-,10+,12+,13-/m0/s1. The molecule has 96 valence electrons. The van der Waals surface area contributed by atoms with E-state index in [1.807, 2.05) is 13.8 Å². The summed E-state index contributed by atoms with van der Waals surface area (Å²) in [4.78, 5) is 0. The Morgan fingerprint density at radius 2 is 1.81 bits per heavy atom. The Labute approximate surface area is 99.1 Å². The Morgan fingerprint density at radius 3 is 2.19 bits per heavy atom. The van der Waals surface area contributed by atoms with Crippen LogP contribution in [0, 0.1) is 5.41 Å². The third-order valence-corrected chi connectivity index (χ3v) is 4.22. The zero-order valence-electron chi connectivity index (χ0n) is 11.6. The minimum Gasteiger partial charge on any atom is -0.384 e. The Morgan fingerprint density at radius 1 is 1.31 bits per heavy atom. The first kappa shape index (κ1) is 13.9. The maximum atomic E-state index is 10.5. The zero-order chi connectivity index (χ0) is 12.8. The minimum atomic E-state index is -0.955. The predicted octanol–water partition coefficient (Wildman–Crippen LogP) is 2.37. The molecule has 16 heavy (non-hydrogen) atoms. The second-order valence-corrected chi connectivity index (χ2v) is 6.42. The second-order valence-electron chi connectivity index (χ2n) is 6.42. The lowest BCUT2D eigenvalue weighted by Crippen LogP contribution is -2.65. The summed E-state index contributed by atoms with van der Waals surface area (Å²) < 4.78 is 11.5. The maximum Gasteiger partial charge on any atom is 0.116 e. The van der Waals surface area contributed by atoms with Gasteiger partial charge in [0.2, 0.25) is 0 Å². The van der Waals surface area contributed by atoms with Crippen molar-refractivity contribution in [3.8, 4) is 0 Å². The van der Waals surface area contributed by atoms with Crippen LogP contribution in [0.15, 0.2) is 0 Å². The molecule has 0 spiro atoms. The van der Waals surface area contributed by atoms with E-state index in [1.54, 1.807) is 14.0 Å². The fourth-order valence-corrected chi connectivity index (χ4v) is 2.22. The van der Waals surface area contributed by atoms with Gasteiger partial charge in [-0.2, -0.15) is 0 Å². The molecule has 1 heterocycles. The summed E-state index contributed by atoms with van der Waals surface area (Å²) in [6, 6.07) is 0. The monoisotopic (exact) mass is 230 g/mol. The normalized spacial score (nSPS) is 45.8. The van der Waals surface area contributed by atoms with Crippen LogP contribution in [-0.4, -0.2) is 35.6 Å². The predicted molar refractivity (Wildman–Crippen MR) is 64.4 cm³/mol. The quantitative estimate of drug-likeness (QED) is 0.751. The van der Waals surface area contributed by atoms with Crippen LogP contribution in [0.3, 0.4) is 0 Å². The summed E-state index contributed by atoms with van der Waals surface area (Å²) >= 11 is 0. The van der Waals surface area contributed by atoms with Gasteiger partial charge >= 0.3 is 0 Å². The number of hydrogen-bond acceptors (Lipinski definition) is 3. The van der Waals surface area contributed by atoms with E-state index in [0.29, 0.717) is 6.42 Å². The van der Waals surface area contributed by atoms with Gasteiger partial charge in [-0.3, -0.25) is 0 Å². The molecule has 1 fully saturated rings. The molecular weight excluding hydrogens is 204 g/mol. The Bertz CT molecular complexity index is 254. The molecule has 0 aliphatic carbocycles. The van der Waals surface area contributed by atoms with Gasteiger partial charge in [0, 0.05) is 13.5 Å². The summed E-state index contributed by atoms with van der Waals surface area (Å²) in [6.45, 7) is 12.1. The molecule has 0 aromatic rings. The topological polar surface area (TPSA) is 38.7 Å². The molecule has 3 nitrogen and oxygen atoms in total. The van der Waals surface area contributed by atoms with Crippen LogP contribution < -0.4 is 0 Å². The van der Waals surface area contributed by atoms with Crippen molar-refractivity contribution >= 4 is 0 Å². The highest BCUT2D eigenvalue weighted by molar-refractivity contribution is 5.05. The molecular formula is C13H26O3. The van der Waals surface area contributed by atoms with Gasteiger partial charge in [-0.05, 0) is 26.2 Å². The van der Waals surface area contributed by atoms with Gasteiger partial charge in [-0.25, -0.2) is 0 Å². The van der Waals surface area contributed by atoms with Gasteiger partial charge in [0.15, 0.2) is 0 Å². The van der Waals surface area contributed by atoms with Crippen LogP contribution in [-0.2, 0) is 9.47 Å². The van der Waals surface area contributed by atoms with E-state index in [-0.39, 0.29) is 17.6 Å². The average molecular weight is 230 g/mol. The highest BCUT2D eigenvalue weighted by Gasteiger charge is 2.55. The maximum absolute atomic E-state index is 10.5. The average Bonchev–Trinajstić information content (AvgIpc) is 2.12. The van der Waals surface area contributed by atoms with Gasteiger partial charge in [0.05, 0.1) is 17.8 Å². The van der Waals surface area contributed by atoms with Crippen molar-refractivity contribution in [1.29, 1.82) is 0 Å². The molecule has 0 aromatic carbocycles. The third kappa shape index (κ3) is 2.13. The van der Waals surface area contributed by atoms with E-state index in [0.717, 1.165) is 0 Å². The molecule has 0 aromatic heterocycles. The molecule has 1 rings (SSSR count). The fourth-order valence-electron chi connectivity index (χ4n) is 2.22. The van der Waals surface area contributed by atoms with Crippen molar-refractivity contribution in [1.82, 2.24) is 0 Å². The number of rotatable bonds is 1. The molecule has 1 aliphatic heterocycles. The molecule has 1 saturated heterocycles. The smallest absolute Gasteiger partial charge is 0.116 e. The summed E-state index contributed by atoms with van der Waals surface area (Å²) in [6.07, 6.45) is 0.591. The zero-order valence-corrected chi connectivity index (χ0v) is 11.6. The van der Waals surface area contributed by atoms with E-state index in [2.05, 4.69) is 20.8 Å². The van der Waals surface area contributed by atoms with Crippen molar-refractivity contribution in [2.45, 2.75) is 71.4 Å². The van der Waals surface area contributed by atoms with Crippen LogP contribution in [0.4, 0.5) is 0 Å². The van der Waals surface area contributed by atoms with Crippen LogP contribution in [0.25, 0.3) is 0 Å². The van der Waals surface area contributed by atoms with Crippen LogP contribution in [0.2, 0.25) is 0 Å². The number of ether oxygens (including phenoxy) is 2. The van der Waals surface area contributed by atoms with E-state index in [1.165, 1.54) is 0 Å². The van der Waals surface area contributed by atoms with Gasteiger partial charge in [-0.1, -0.05) is 20.8 Å². The number of methoxy groups -OCH3 is 1. The molecule has 0 saturated carbocycles.